The molecule has 3 rings (SSSR count). The third-order valence-corrected chi connectivity index (χ3v) is 3.01. The minimum Gasteiger partial charge on any atom is -0.366 e. The van der Waals surface area contributed by atoms with Crippen LogP contribution in [0.5, 0.6) is 0 Å². The SMILES string of the molecule is Nc1nc2c(-c3ccc(F)c(F)c3)cc(C(F)(F)F)cn2n1. The van der Waals surface area contributed by atoms with Gasteiger partial charge in [0.05, 0.1) is 5.56 Å². The summed E-state index contributed by atoms with van der Waals surface area (Å²) in [5.41, 5.74) is 4.37. The van der Waals surface area contributed by atoms with Crippen molar-refractivity contribution in [1.29, 1.82) is 0 Å². The maximum atomic E-state index is 13.3. The lowest BCUT2D eigenvalue weighted by molar-refractivity contribution is -0.137. The van der Waals surface area contributed by atoms with E-state index in [-0.39, 0.29) is 22.7 Å². The molecule has 0 atom stereocenters. The average molecular weight is 314 g/mol. The molecule has 9 heteroatoms. The van der Waals surface area contributed by atoms with E-state index in [1.54, 1.807) is 0 Å². The number of hydrogen-bond acceptors (Lipinski definition) is 3. The predicted molar refractivity (Wildman–Crippen MR) is 67.8 cm³/mol. The highest BCUT2D eigenvalue weighted by Crippen LogP contribution is 2.34. The smallest absolute Gasteiger partial charge is 0.366 e. The molecule has 0 fully saturated rings. The van der Waals surface area contributed by atoms with Crippen molar-refractivity contribution in [2.45, 2.75) is 6.18 Å². The third kappa shape index (κ3) is 2.34. The summed E-state index contributed by atoms with van der Waals surface area (Å²) in [4.78, 5) is 3.81. The molecule has 0 amide bonds. The summed E-state index contributed by atoms with van der Waals surface area (Å²) >= 11 is 0. The Morgan fingerprint density at radius 3 is 2.41 bits per heavy atom. The van der Waals surface area contributed by atoms with E-state index in [4.69, 9.17) is 5.73 Å². The quantitative estimate of drug-likeness (QED) is 0.701. The Labute approximate surface area is 120 Å². The number of anilines is 1. The van der Waals surface area contributed by atoms with Gasteiger partial charge in [0, 0.05) is 11.8 Å². The summed E-state index contributed by atoms with van der Waals surface area (Å²) in [5, 5.41) is 3.63. The monoisotopic (exact) mass is 314 g/mol. The zero-order valence-electron chi connectivity index (χ0n) is 10.7. The van der Waals surface area contributed by atoms with E-state index in [9.17, 15) is 22.0 Å². The highest BCUT2D eigenvalue weighted by molar-refractivity contribution is 5.78. The number of benzene rings is 1. The van der Waals surface area contributed by atoms with Gasteiger partial charge in [-0.3, -0.25) is 0 Å². The minimum absolute atomic E-state index is 0.0107. The molecule has 0 aliphatic heterocycles. The van der Waals surface area contributed by atoms with E-state index in [1.807, 2.05) is 0 Å². The maximum Gasteiger partial charge on any atom is 0.417 e. The molecule has 2 aromatic heterocycles. The topological polar surface area (TPSA) is 56.2 Å². The molecule has 0 aliphatic rings. The van der Waals surface area contributed by atoms with Gasteiger partial charge in [-0.15, -0.1) is 5.10 Å². The largest absolute Gasteiger partial charge is 0.417 e. The number of pyridine rings is 1. The highest BCUT2D eigenvalue weighted by Gasteiger charge is 2.32. The second-order valence-electron chi connectivity index (χ2n) is 4.51. The van der Waals surface area contributed by atoms with Gasteiger partial charge in [0.25, 0.3) is 0 Å². The lowest BCUT2D eigenvalue weighted by atomic mass is 10.0. The van der Waals surface area contributed by atoms with Crippen LogP contribution in [0, 0.1) is 11.6 Å². The molecule has 0 unspecified atom stereocenters. The number of aromatic nitrogens is 3. The van der Waals surface area contributed by atoms with Gasteiger partial charge in [-0.05, 0) is 23.8 Å². The first-order valence-corrected chi connectivity index (χ1v) is 5.94. The molecule has 3 aromatic rings. The summed E-state index contributed by atoms with van der Waals surface area (Å²) in [6, 6.07) is 3.55. The van der Waals surface area contributed by atoms with Crippen LogP contribution in [0.15, 0.2) is 30.5 Å². The zero-order valence-corrected chi connectivity index (χ0v) is 10.7. The first-order valence-electron chi connectivity index (χ1n) is 5.94. The van der Waals surface area contributed by atoms with E-state index >= 15 is 0 Å². The summed E-state index contributed by atoms with van der Waals surface area (Å²) in [5.74, 6) is -2.52. The molecule has 2 heterocycles. The molecule has 0 spiro atoms. The number of nitrogens with two attached hydrogens (primary N) is 1. The van der Waals surface area contributed by atoms with Crippen LogP contribution in [0.25, 0.3) is 16.8 Å². The molecule has 0 radical (unpaired) electrons. The fourth-order valence-corrected chi connectivity index (χ4v) is 2.03. The van der Waals surface area contributed by atoms with E-state index in [1.165, 1.54) is 0 Å². The van der Waals surface area contributed by atoms with Gasteiger partial charge < -0.3 is 5.73 Å². The Balaban J connectivity index is 2.32. The van der Waals surface area contributed by atoms with E-state index in [0.29, 0.717) is 0 Å². The lowest BCUT2D eigenvalue weighted by Crippen LogP contribution is -2.08. The van der Waals surface area contributed by atoms with Crippen LogP contribution in [0.1, 0.15) is 5.56 Å². The van der Waals surface area contributed by atoms with Crippen molar-refractivity contribution in [3.8, 4) is 11.1 Å². The molecule has 2 N–H and O–H groups in total. The van der Waals surface area contributed by atoms with Crippen LogP contribution in [0.4, 0.5) is 27.9 Å². The van der Waals surface area contributed by atoms with Gasteiger partial charge in [-0.25, -0.2) is 13.3 Å². The van der Waals surface area contributed by atoms with Gasteiger partial charge in [0.2, 0.25) is 5.95 Å². The molecule has 0 saturated carbocycles. The van der Waals surface area contributed by atoms with Crippen LogP contribution in [-0.4, -0.2) is 14.6 Å². The first-order chi connectivity index (χ1) is 10.3. The predicted octanol–water partition coefficient (Wildman–Crippen LogP) is 3.28. The number of halogens is 5. The van der Waals surface area contributed by atoms with Crippen molar-refractivity contribution in [3.05, 3.63) is 47.7 Å². The molecular formula is C13H7F5N4. The van der Waals surface area contributed by atoms with E-state index in [0.717, 1.165) is 35.0 Å². The molecule has 0 saturated heterocycles. The molecular weight excluding hydrogens is 307 g/mol. The van der Waals surface area contributed by atoms with Crippen LogP contribution < -0.4 is 5.73 Å². The van der Waals surface area contributed by atoms with Crippen molar-refractivity contribution in [3.63, 3.8) is 0 Å². The van der Waals surface area contributed by atoms with Gasteiger partial charge in [0.15, 0.2) is 17.3 Å². The fourth-order valence-electron chi connectivity index (χ4n) is 2.03. The molecule has 114 valence electrons. The van der Waals surface area contributed by atoms with Crippen molar-refractivity contribution >= 4 is 11.6 Å². The Morgan fingerprint density at radius 2 is 1.77 bits per heavy atom. The van der Waals surface area contributed by atoms with Crippen LogP contribution in [0.3, 0.4) is 0 Å². The molecule has 0 bridgehead atoms. The number of rotatable bonds is 1. The van der Waals surface area contributed by atoms with Crippen molar-refractivity contribution in [1.82, 2.24) is 14.6 Å². The van der Waals surface area contributed by atoms with Gasteiger partial charge in [-0.1, -0.05) is 6.07 Å². The van der Waals surface area contributed by atoms with Crippen LogP contribution in [-0.2, 0) is 6.18 Å². The van der Waals surface area contributed by atoms with Crippen LogP contribution >= 0.6 is 0 Å². The number of nitrogens with zero attached hydrogens (tertiary/aromatic N) is 3. The van der Waals surface area contributed by atoms with Gasteiger partial charge in [-0.2, -0.15) is 18.2 Å². The fraction of sp³-hybridized carbons (Fsp3) is 0.0769. The maximum absolute atomic E-state index is 13.3. The van der Waals surface area contributed by atoms with Crippen molar-refractivity contribution in [2.75, 3.05) is 5.73 Å². The van der Waals surface area contributed by atoms with Crippen molar-refractivity contribution in [2.24, 2.45) is 0 Å². The Kier molecular flexibility index (Phi) is 3.01. The summed E-state index contributed by atoms with van der Waals surface area (Å²) in [7, 11) is 0. The lowest BCUT2D eigenvalue weighted by Gasteiger charge is -2.10. The number of hydrogen-bond donors (Lipinski definition) is 1. The number of fused-ring (bicyclic) bond motifs is 1. The zero-order chi connectivity index (χ0) is 16.1. The Bertz CT molecular complexity index is 869. The van der Waals surface area contributed by atoms with Gasteiger partial charge >= 0.3 is 6.18 Å². The Hall–Kier alpha value is -2.71. The standard InChI is InChI=1S/C13H7F5N4/c14-9-2-1-6(3-10(9)15)8-4-7(13(16,17)18)5-22-11(8)20-12(19)21-22/h1-5H,(H2,19,21). The number of nitrogen functional groups attached to an aromatic ring is 1. The number of alkyl halides is 3. The molecule has 0 aliphatic carbocycles. The second kappa shape index (κ2) is 4.65. The van der Waals surface area contributed by atoms with Crippen LogP contribution in [0.2, 0.25) is 0 Å². The van der Waals surface area contributed by atoms with E-state index in [2.05, 4.69) is 10.1 Å². The normalized spacial score (nSPS) is 12.0. The summed E-state index contributed by atoms with van der Waals surface area (Å²) in [6.45, 7) is 0. The minimum atomic E-state index is -4.64. The molecule has 4 nitrogen and oxygen atoms in total. The molecule has 22 heavy (non-hydrogen) atoms. The third-order valence-electron chi connectivity index (χ3n) is 3.01. The summed E-state index contributed by atoms with van der Waals surface area (Å²) in [6.07, 6.45) is -3.91. The second-order valence-corrected chi connectivity index (χ2v) is 4.51. The van der Waals surface area contributed by atoms with Crippen molar-refractivity contribution < 1.29 is 22.0 Å². The highest BCUT2D eigenvalue weighted by atomic mass is 19.4. The first kappa shape index (κ1) is 14.2. The molecule has 1 aromatic carbocycles. The Morgan fingerprint density at radius 1 is 1.05 bits per heavy atom. The van der Waals surface area contributed by atoms with Gasteiger partial charge in [0.1, 0.15) is 0 Å². The average Bonchev–Trinajstić information content (AvgIpc) is 2.80. The van der Waals surface area contributed by atoms with E-state index < -0.39 is 23.4 Å². The summed E-state index contributed by atoms with van der Waals surface area (Å²) < 4.78 is 66.0.